The normalized spacial score (nSPS) is 11.1. The Kier molecular flexibility index (Phi) is 7.36. The maximum Gasteiger partial charge on any atom is 0.341 e. The molecule has 0 spiro atoms. The monoisotopic (exact) mass is 406 g/mol. The van der Waals surface area contributed by atoms with Crippen LogP contribution in [0, 0.1) is 0 Å². The summed E-state index contributed by atoms with van der Waals surface area (Å²) in [6, 6.07) is 25.8. The summed E-state index contributed by atoms with van der Waals surface area (Å²) in [6.07, 6.45) is 2.21. The fraction of sp³-hybridized carbons (Fsp3) is 0.125. The molecule has 5 heteroatoms. The molecule has 0 unspecified atom stereocenters. The van der Waals surface area contributed by atoms with E-state index in [2.05, 4.69) is 24.3 Å². The third kappa shape index (κ3) is 6.16. The van der Waals surface area contributed by atoms with E-state index in [4.69, 9.17) is 14.6 Å². The van der Waals surface area contributed by atoms with Gasteiger partial charge in [0.05, 0.1) is 7.11 Å². The molecule has 0 bridgehead atoms. The smallest absolute Gasteiger partial charge is 0.341 e. The number of carboxylic acids is 1. The van der Waals surface area contributed by atoms with E-state index in [-0.39, 0.29) is 6.61 Å². The van der Waals surface area contributed by atoms with Crippen molar-refractivity contribution >= 4 is 23.3 Å². The maximum absolute atomic E-state index is 10.6. The van der Waals surface area contributed by atoms with Crippen molar-refractivity contribution < 1.29 is 19.4 Å². The Morgan fingerprint density at radius 2 is 1.66 bits per heavy atom. The number of thioether (sulfide) groups is 1. The Hall–Kier alpha value is -3.18. The molecular formula is C24H22O4S. The van der Waals surface area contributed by atoms with Gasteiger partial charge in [0.25, 0.3) is 0 Å². The van der Waals surface area contributed by atoms with Gasteiger partial charge in [-0.3, -0.25) is 0 Å². The number of ether oxygens (including phenoxy) is 2. The topological polar surface area (TPSA) is 55.8 Å². The van der Waals surface area contributed by atoms with Gasteiger partial charge in [0.2, 0.25) is 0 Å². The lowest BCUT2D eigenvalue weighted by Crippen LogP contribution is -2.09. The van der Waals surface area contributed by atoms with E-state index in [1.807, 2.05) is 48.5 Å². The first kappa shape index (κ1) is 20.6. The number of aliphatic carboxylic acids is 1. The second kappa shape index (κ2) is 10.4. The van der Waals surface area contributed by atoms with Crippen molar-refractivity contribution in [1.29, 1.82) is 0 Å². The lowest BCUT2D eigenvalue weighted by atomic mass is 9.98. The molecule has 0 saturated carbocycles. The highest BCUT2D eigenvalue weighted by Crippen LogP contribution is 2.28. The summed E-state index contributed by atoms with van der Waals surface area (Å²) >= 11 is 1.70. The van der Waals surface area contributed by atoms with E-state index in [0.29, 0.717) is 5.75 Å². The van der Waals surface area contributed by atoms with Crippen LogP contribution in [-0.4, -0.2) is 30.5 Å². The standard InChI is InChI=1S/C24H22O4S/c1-27-21-9-5-8-19(16-21)23(18-6-3-2-4-7-18)14-15-29-22-12-10-20(11-13-22)28-17-24(25)26/h2-14,16H,15,17H2,1H3,(H,25,26). The highest BCUT2D eigenvalue weighted by Gasteiger charge is 2.06. The van der Waals surface area contributed by atoms with Gasteiger partial charge in [0.1, 0.15) is 11.5 Å². The van der Waals surface area contributed by atoms with E-state index >= 15 is 0 Å². The van der Waals surface area contributed by atoms with Gasteiger partial charge in [0, 0.05) is 10.6 Å². The number of rotatable bonds is 9. The number of carboxylic acid groups (broad SMARTS) is 1. The molecule has 0 fully saturated rings. The van der Waals surface area contributed by atoms with Crippen molar-refractivity contribution in [1.82, 2.24) is 0 Å². The zero-order chi connectivity index (χ0) is 20.5. The van der Waals surface area contributed by atoms with Gasteiger partial charge in [-0.1, -0.05) is 48.5 Å². The van der Waals surface area contributed by atoms with Crippen molar-refractivity contribution in [2.75, 3.05) is 19.5 Å². The average molecular weight is 407 g/mol. The molecule has 0 radical (unpaired) electrons. The van der Waals surface area contributed by atoms with Crippen LogP contribution in [0.15, 0.2) is 89.8 Å². The average Bonchev–Trinajstić information content (AvgIpc) is 2.76. The zero-order valence-corrected chi connectivity index (χ0v) is 16.9. The summed E-state index contributed by atoms with van der Waals surface area (Å²) < 4.78 is 10.5. The molecule has 3 aromatic rings. The predicted molar refractivity (Wildman–Crippen MR) is 117 cm³/mol. The molecule has 0 aliphatic rings. The molecule has 3 aromatic carbocycles. The quantitative estimate of drug-likeness (QED) is 0.483. The minimum atomic E-state index is -0.987. The van der Waals surface area contributed by atoms with Crippen molar-refractivity contribution in [2.45, 2.75) is 4.90 Å². The van der Waals surface area contributed by atoms with Gasteiger partial charge in [-0.15, -0.1) is 11.8 Å². The fourth-order valence-electron chi connectivity index (χ4n) is 2.81. The molecule has 0 saturated heterocycles. The van der Waals surface area contributed by atoms with E-state index in [0.717, 1.165) is 33.1 Å². The zero-order valence-electron chi connectivity index (χ0n) is 16.1. The molecule has 4 nitrogen and oxygen atoms in total. The molecule has 29 heavy (non-hydrogen) atoms. The van der Waals surface area contributed by atoms with Crippen LogP contribution in [0.4, 0.5) is 0 Å². The Labute approximate surface area is 174 Å². The van der Waals surface area contributed by atoms with Crippen LogP contribution in [0.5, 0.6) is 11.5 Å². The van der Waals surface area contributed by atoms with Crippen LogP contribution in [-0.2, 0) is 4.79 Å². The number of hydrogen-bond acceptors (Lipinski definition) is 4. The minimum absolute atomic E-state index is 0.337. The first-order valence-electron chi connectivity index (χ1n) is 9.13. The third-order valence-corrected chi connectivity index (χ3v) is 5.13. The molecule has 3 rings (SSSR count). The SMILES string of the molecule is COc1cccc(C(=CCSc2ccc(OCC(=O)O)cc2)c2ccccc2)c1. The lowest BCUT2D eigenvalue weighted by Gasteiger charge is -2.11. The molecule has 0 atom stereocenters. The first-order valence-corrected chi connectivity index (χ1v) is 10.1. The van der Waals surface area contributed by atoms with Crippen LogP contribution in [0.2, 0.25) is 0 Å². The summed E-state index contributed by atoms with van der Waals surface area (Å²) in [4.78, 5) is 11.7. The summed E-state index contributed by atoms with van der Waals surface area (Å²) in [6.45, 7) is -0.337. The number of benzene rings is 3. The van der Waals surface area contributed by atoms with Gasteiger partial charge in [-0.2, -0.15) is 0 Å². The first-order chi connectivity index (χ1) is 14.2. The van der Waals surface area contributed by atoms with Crippen molar-refractivity contribution in [2.24, 2.45) is 0 Å². The largest absolute Gasteiger partial charge is 0.497 e. The molecule has 0 aromatic heterocycles. The number of hydrogen-bond donors (Lipinski definition) is 1. The molecule has 0 aliphatic carbocycles. The summed E-state index contributed by atoms with van der Waals surface area (Å²) in [5.41, 5.74) is 3.41. The minimum Gasteiger partial charge on any atom is -0.497 e. The Morgan fingerprint density at radius 3 is 2.34 bits per heavy atom. The van der Waals surface area contributed by atoms with Gasteiger partial charge in [0.15, 0.2) is 6.61 Å². The molecule has 148 valence electrons. The van der Waals surface area contributed by atoms with E-state index in [1.165, 1.54) is 0 Å². The molecule has 0 heterocycles. The summed E-state index contributed by atoms with van der Waals surface area (Å²) in [5.74, 6) is 1.18. The van der Waals surface area contributed by atoms with Gasteiger partial charge in [-0.05, 0) is 53.1 Å². The Morgan fingerprint density at radius 1 is 0.931 bits per heavy atom. The van der Waals surface area contributed by atoms with Crippen LogP contribution in [0.1, 0.15) is 11.1 Å². The second-order valence-corrected chi connectivity index (χ2v) is 7.27. The van der Waals surface area contributed by atoms with Crippen LogP contribution in [0.25, 0.3) is 5.57 Å². The fourth-order valence-corrected chi connectivity index (χ4v) is 3.58. The van der Waals surface area contributed by atoms with Gasteiger partial charge < -0.3 is 14.6 Å². The second-order valence-electron chi connectivity index (χ2n) is 6.18. The van der Waals surface area contributed by atoms with Gasteiger partial charge in [-0.25, -0.2) is 4.79 Å². The van der Waals surface area contributed by atoms with E-state index in [1.54, 1.807) is 31.0 Å². The van der Waals surface area contributed by atoms with Crippen molar-refractivity contribution in [3.8, 4) is 11.5 Å². The summed E-state index contributed by atoms with van der Waals surface area (Å²) in [5, 5.41) is 8.67. The van der Waals surface area contributed by atoms with Crippen LogP contribution >= 0.6 is 11.8 Å². The molecule has 0 aliphatic heterocycles. The Balaban J connectivity index is 1.74. The van der Waals surface area contributed by atoms with Crippen molar-refractivity contribution in [3.63, 3.8) is 0 Å². The third-order valence-electron chi connectivity index (χ3n) is 4.19. The highest BCUT2D eigenvalue weighted by atomic mass is 32.2. The van der Waals surface area contributed by atoms with E-state index < -0.39 is 5.97 Å². The lowest BCUT2D eigenvalue weighted by molar-refractivity contribution is -0.139. The molecule has 0 amide bonds. The molecule has 1 N–H and O–H groups in total. The Bertz CT molecular complexity index is 966. The summed E-state index contributed by atoms with van der Waals surface area (Å²) in [7, 11) is 1.67. The van der Waals surface area contributed by atoms with E-state index in [9.17, 15) is 4.79 Å². The highest BCUT2D eigenvalue weighted by molar-refractivity contribution is 7.99. The van der Waals surface area contributed by atoms with Crippen LogP contribution in [0.3, 0.4) is 0 Å². The number of carbonyl (C=O) groups is 1. The van der Waals surface area contributed by atoms with Gasteiger partial charge >= 0.3 is 5.97 Å². The predicted octanol–water partition coefficient (Wildman–Crippen LogP) is 5.38. The van der Waals surface area contributed by atoms with Crippen molar-refractivity contribution in [3.05, 3.63) is 96.1 Å². The molecular weight excluding hydrogens is 384 g/mol. The number of methoxy groups -OCH3 is 1. The maximum atomic E-state index is 10.6. The van der Waals surface area contributed by atoms with Crippen LogP contribution < -0.4 is 9.47 Å².